The standard InChI is InChI=1S/C15H13N3O/c1-19-11-4-2-10(3-5-11)15-8-13(16)12-9-17-7-6-14(12)18-15/h2-9H,1H3,(H2,16,18)/p+1. The van der Waals surface area contributed by atoms with Crippen LogP contribution in [0.5, 0.6) is 5.75 Å². The Hall–Kier alpha value is -2.62. The van der Waals surface area contributed by atoms with Gasteiger partial charge in [0.1, 0.15) is 5.75 Å². The largest absolute Gasteiger partial charge is 0.497 e. The first-order valence-corrected chi connectivity index (χ1v) is 5.99. The average Bonchev–Trinajstić information content (AvgIpc) is 2.47. The highest BCUT2D eigenvalue weighted by Crippen LogP contribution is 2.26. The number of nitrogens with one attached hydrogen (secondary N) is 1. The van der Waals surface area contributed by atoms with Crippen LogP contribution in [0.3, 0.4) is 0 Å². The van der Waals surface area contributed by atoms with E-state index in [9.17, 15) is 0 Å². The highest BCUT2D eigenvalue weighted by Gasteiger charge is 2.07. The van der Waals surface area contributed by atoms with Gasteiger partial charge in [-0.1, -0.05) is 0 Å². The maximum absolute atomic E-state index is 6.07. The quantitative estimate of drug-likeness (QED) is 0.761. The Morgan fingerprint density at radius 1 is 1.16 bits per heavy atom. The molecule has 0 atom stereocenters. The summed E-state index contributed by atoms with van der Waals surface area (Å²) in [6.45, 7) is 0. The number of nitrogens with two attached hydrogens (primary N) is 1. The van der Waals surface area contributed by atoms with Crippen molar-refractivity contribution in [2.24, 2.45) is 0 Å². The molecule has 0 fully saturated rings. The minimum Gasteiger partial charge on any atom is -0.497 e. The van der Waals surface area contributed by atoms with E-state index >= 15 is 0 Å². The average molecular weight is 252 g/mol. The van der Waals surface area contributed by atoms with E-state index in [2.05, 4.69) is 9.97 Å². The van der Waals surface area contributed by atoms with Crippen LogP contribution in [0.25, 0.3) is 22.2 Å². The second-order valence-corrected chi connectivity index (χ2v) is 4.27. The van der Waals surface area contributed by atoms with Gasteiger partial charge in [-0.2, -0.15) is 0 Å². The zero-order valence-electron chi connectivity index (χ0n) is 10.6. The molecule has 4 heteroatoms. The molecule has 0 aliphatic rings. The molecule has 3 rings (SSSR count). The number of anilines is 1. The normalized spacial score (nSPS) is 10.6. The van der Waals surface area contributed by atoms with E-state index in [1.807, 2.05) is 48.8 Å². The molecule has 0 radical (unpaired) electrons. The molecule has 4 nitrogen and oxygen atoms in total. The van der Waals surface area contributed by atoms with Gasteiger partial charge in [0, 0.05) is 17.3 Å². The number of hydrogen-bond donors (Lipinski definition) is 1. The van der Waals surface area contributed by atoms with Crippen molar-refractivity contribution >= 4 is 16.6 Å². The van der Waals surface area contributed by atoms with Gasteiger partial charge in [0.15, 0.2) is 12.4 Å². The summed E-state index contributed by atoms with van der Waals surface area (Å²) in [5, 5.41) is 0.930. The summed E-state index contributed by atoms with van der Waals surface area (Å²) in [4.78, 5) is 7.63. The first-order chi connectivity index (χ1) is 9.28. The third kappa shape index (κ3) is 2.08. The van der Waals surface area contributed by atoms with Gasteiger partial charge < -0.3 is 10.5 Å². The number of H-pyrrole nitrogens is 1. The molecule has 19 heavy (non-hydrogen) atoms. The van der Waals surface area contributed by atoms with E-state index in [-0.39, 0.29) is 0 Å². The van der Waals surface area contributed by atoms with Crippen molar-refractivity contribution in [1.82, 2.24) is 4.98 Å². The summed E-state index contributed by atoms with van der Waals surface area (Å²) in [6, 6.07) is 11.6. The molecule has 1 aromatic carbocycles. The van der Waals surface area contributed by atoms with Crippen LogP contribution in [-0.2, 0) is 0 Å². The summed E-state index contributed by atoms with van der Waals surface area (Å²) in [7, 11) is 1.65. The lowest BCUT2D eigenvalue weighted by Crippen LogP contribution is -2.01. The number of rotatable bonds is 2. The topological polar surface area (TPSA) is 62.3 Å². The van der Waals surface area contributed by atoms with Crippen molar-refractivity contribution in [3.8, 4) is 17.0 Å². The molecule has 0 unspecified atom stereocenters. The molecule has 0 aliphatic carbocycles. The monoisotopic (exact) mass is 252 g/mol. The SMILES string of the molecule is COc1ccc(-c2cc(N)c3c[nH+]ccc3n2)cc1. The fourth-order valence-electron chi connectivity index (χ4n) is 2.05. The molecule has 0 aliphatic heterocycles. The van der Waals surface area contributed by atoms with E-state index in [1.165, 1.54) is 0 Å². The van der Waals surface area contributed by atoms with Crippen LogP contribution >= 0.6 is 0 Å². The van der Waals surface area contributed by atoms with Gasteiger partial charge in [0.2, 0.25) is 0 Å². The lowest BCUT2D eigenvalue weighted by atomic mass is 10.1. The predicted octanol–water partition coefficient (Wildman–Crippen LogP) is 2.31. The van der Waals surface area contributed by atoms with E-state index < -0.39 is 0 Å². The lowest BCUT2D eigenvalue weighted by molar-refractivity contribution is -0.375. The number of pyridine rings is 2. The summed E-state index contributed by atoms with van der Waals surface area (Å²) in [6.07, 6.45) is 3.70. The Morgan fingerprint density at radius 2 is 1.95 bits per heavy atom. The number of aromatic nitrogens is 2. The van der Waals surface area contributed by atoms with E-state index in [0.717, 1.165) is 27.9 Å². The zero-order valence-corrected chi connectivity index (χ0v) is 10.6. The van der Waals surface area contributed by atoms with E-state index in [4.69, 9.17) is 10.5 Å². The highest BCUT2D eigenvalue weighted by molar-refractivity contribution is 5.91. The summed E-state index contributed by atoms with van der Waals surface area (Å²) < 4.78 is 5.15. The molecular weight excluding hydrogens is 238 g/mol. The van der Waals surface area contributed by atoms with Crippen molar-refractivity contribution in [1.29, 1.82) is 0 Å². The number of ether oxygens (including phenoxy) is 1. The maximum atomic E-state index is 6.07. The van der Waals surface area contributed by atoms with Crippen molar-refractivity contribution in [3.63, 3.8) is 0 Å². The molecule has 94 valence electrons. The Morgan fingerprint density at radius 3 is 2.68 bits per heavy atom. The minimum atomic E-state index is 0.715. The number of benzene rings is 1. The number of nitrogens with zero attached hydrogens (tertiary/aromatic N) is 1. The fraction of sp³-hybridized carbons (Fsp3) is 0.0667. The smallest absolute Gasteiger partial charge is 0.178 e. The Bertz CT molecular complexity index is 723. The summed E-state index contributed by atoms with van der Waals surface area (Å²) in [5.74, 6) is 0.826. The molecule has 0 spiro atoms. The Labute approximate surface area is 110 Å². The number of aromatic amines is 1. The van der Waals surface area contributed by atoms with Gasteiger partial charge in [-0.05, 0) is 30.3 Å². The number of methoxy groups -OCH3 is 1. The van der Waals surface area contributed by atoms with Crippen LogP contribution in [0.15, 0.2) is 48.8 Å². The highest BCUT2D eigenvalue weighted by atomic mass is 16.5. The Kier molecular flexibility index (Phi) is 2.76. The predicted molar refractivity (Wildman–Crippen MR) is 74.7 cm³/mol. The molecule has 3 aromatic rings. The van der Waals surface area contributed by atoms with Crippen LogP contribution in [-0.4, -0.2) is 12.1 Å². The first-order valence-electron chi connectivity index (χ1n) is 5.99. The van der Waals surface area contributed by atoms with Gasteiger partial charge in [0.05, 0.1) is 23.7 Å². The number of nitrogen functional groups attached to an aromatic ring is 1. The summed E-state index contributed by atoms with van der Waals surface area (Å²) in [5.41, 5.74) is 9.54. The molecule has 3 N–H and O–H groups in total. The maximum Gasteiger partial charge on any atom is 0.178 e. The van der Waals surface area contributed by atoms with Crippen molar-refractivity contribution in [3.05, 3.63) is 48.8 Å². The third-order valence-corrected chi connectivity index (χ3v) is 3.07. The number of hydrogen-bond acceptors (Lipinski definition) is 3. The van der Waals surface area contributed by atoms with Crippen LogP contribution in [0.1, 0.15) is 0 Å². The van der Waals surface area contributed by atoms with Gasteiger partial charge in [-0.3, -0.25) is 0 Å². The van der Waals surface area contributed by atoms with Crippen LogP contribution in [0.4, 0.5) is 5.69 Å². The minimum absolute atomic E-state index is 0.715. The number of fused-ring (bicyclic) bond motifs is 1. The Balaban J connectivity index is 2.14. The molecule has 0 bridgehead atoms. The van der Waals surface area contributed by atoms with Crippen molar-refractivity contribution in [2.75, 3.05) is 12.8 Å². The van der Waals surface area contributed by atoms with Crippen molar-refractivity contribution < 1.29 is 9.72 Å². The second-order valence-electron chi connectivity index (χ2n) is 4.27. The van der Waals surface area contributed by atoms with Gasteiger partial charge in [0.25, 0.3) is 0 Å². The summed E-state index contributed by atoms with van der Waals surface area (Å²) >= 11 is 0. The van der Waals surface area contributed by atoms with Crippen LogP contribution < -0.4 is 15.5 Å². The second kappa shape index (κ2) is 4.57. The van der Waals surface area contributed by atoms with Crippen LogP contribution in [0, 0.1) is 0 Å². The first kappa shape index (κ1) is 11.5. The van der Waals surface area contributed by atoms with Gasteiger partial charge in [-0.25, -0.2) is 9.97 Å². The van der Waals surface area contributed by atoms with E-state index in [0.29, 0.717) is 5.69 Å². The zero-order chi connectivity index (χ0) is 13.2. The molecule has 2 heterocycles. The third-order valence-electron chi connectivity index (χ3n) is 3.07. The molecule has 0 saturated heterocycles. The molecular formula is C15H14N3O+. The molecule has 0 amide bonds. The molecule has 0 saturated carbocycles. The molecule has 2 aromatic heterocycles. The van der Waals surface area contributed by atoms with E-state index in [1.54, 1.807) is 7.11 Å². The fourth-order valence-corrected chi connectivity index (χ4v) is 2.05. The van der Waals surface area contributed by atoms with Crippen LogP contribution in [0.2, 0.25) is 0 Å². The van der Waals surface area contributed by atoms with Gasteiger partial charge in [-0.15, -0.1) is 0 Å². The van der Waals surface area contributed by atoms with Crippen molar-refractivity contribution in [2.45, 2.75) is 0 Å². The van der Waals surface area contributed by atoms with Gasteiger partial charge >= 0.3 is 0 Å². The lowest BCUT2D eigenvalue weighted by Gasteiger charge is -2.06.